The molecular formula is C13H18F3O7PS. The fraction of sp³-hybridized carbons (Fsp3) is 0.538. The highest BCUT2D eigenvalue weighted by Gasteiger charge is 2.39. The minimum Gasteiger partial charge on any atom is -0.352 e. The molecule has 0 aromatic heterocycles. The molecule has 1 N–H and O–H groups in total. The van der Waals surface area contributed by atoms with Crippen molar-refractivity contribution in [3.63, 3.8) is 0 Å². The van der Waals surface area contributed by atoms with Gasteiger partial charge in [0.05, 0.1) is 11.7 Å². The Morgan fingerprint density at radius 3 is 2.40 bits per heavy atom. The van der Waals surface area contributed by atoms with Crippen LogP contribution in [0.3, 0.4) is 0 Å². The second-order valence-electron chi connectivity index (χ2n) is 5.25. The predicted octanol–water partition coefficient (Wildman–Crippen LogP) is 3.26. The molecule has 0 aliphatic carbocycles. The molecule has 0 heterocycles. The first-order valence-electron chi connectivity index (χ1n) is 6.90. The summed E-state index contributed by atoms with van der Waals surface area (Å²) in [6, 6.07) is 2.77. The summed E-state index contributed by atoms with van der Waals surface area (Å²) in [6.45, 7) is 3.80. The first-order chi connectivity index (χ1) is 11.3. The highest BCUT2D eigenvalue weighted by Crippen LogP contribution is 2.43. The van der Waals surface area contributed by atoms with Crippen LogP contribution in [0.1, 0.15) is 25.0 Å². The smallest absolute Gasteiger partial charge is 0.352 e. The highest BCUT2D eigenvalue weighted by molar-refractivity contribution is 7.87. The molecule has 0 aliphatic heterocycles. The van der Waals surface area contributed by atoms with Gasteiger partial charge < -0.3 is 9.63 Å². The van der Waals surface area contributed by atoms with Crippen LogP contribution in [-0.2, 0) is 34.3 Å². The van der Waals surface area contributed by atoms with Gasteiger partial charge in [-0.25, -0.2) is 0 Å². The third kappa shape index (κ3) is 6.69. The standard InChI is InChI=1S/C13H18F3O7PS/c1-9(2)21-7-22-24(17,18)8-23-25(19,20)12-10(3)5-4-6-11(12)13(14,15)16/h4-6,9H,7-8H2,1-3H3,(H,17,18). The average molecular weight is 406 g/mol. The van der Waals surface area contributed by atoms with Gasteiger partial charge in [-0.3, -0.25) is 13.3 Å². The molecule has 1 unspecified atom stereocenters. The van der Waals surface area contributed by atoms with Crippen molar-refractivity contribution in [1.82, 2.24) is 0 Å². The Morgan fingerprint density at radius 2 is 1.88 bits per heavy atom. The van der Waals surface area contributed by atoms with Crippen molar-refractivity contribution in [1.29, 1.82) is 0 Å². The summed E-state index contributed by atoms with van der Waals surface area (Å²) < 4.78 is 88.6. The lowest BCUT2D eigenvalue weighted by Gasteiger charge is -2.17. The van der Waals surface area contributed by atoms with E-state index < -0.39 is 47.5 Å². The lowest BCUT2D eigenvalue weighted by atomic mass is 10.1. The van der Waals surface area contributed by atoms with Crippen LogP contribution in [0.4, 0.5) is 13.2 Å². The van der Waals surface area contributed by atoms with Crippen molar-refractivity contribution < 1.29 is 44.5 Å². The van der Waals surface area contributed by atoms with Crippen LogP contribution in [0.15, 0.2) is 23.1 Å². The molecule has 144 valence electrons. The van der Waals surface area contributed by atoms with Crippen molar-refractivity contribution in [2.75, 3.05) is 13.1 Å². The zero-order valence-electron chi connectivity index (χ0n) is 13.6. The van der Waals surface area contributed by atoms with Gasteiger partial charge in [0.25, 0.3) is 10.1 Å². The van der Waals surface area contributed by atoms with Crippen LogP contribution in [0, 0.1) is 6.92 Å². The Bertz CT molecular complexity index is 746. The molecule has 7 nitrogen and oxygen atoms in total. The lowest BCUT2D eigenvalue weighted by Crippen LogP contribution is -2.17. The van der Waals surface area contributed by atoms with Gasteiger partial charge >= 0.3 is 13.8 Å². The molecule has 1 aromatic carbocycles. The number of halogens is 3. The number of hydrogen-bond acceptors (Lipinski definition) is 6. The van der Waals surface area contributed by atoms with E-state index in [9.17, 15) is 31.0 Å². The van der Waals surface area contributed by atoms with Crippen molar-refractivity contribution in [2.24, 2.45) is 0 Å². The van der Waals surface area contributed by atoms with E-state index in [1.165, 1.54) is 0 Å². The number of benzene rings is 1. The first-order valence-corrected chi connectivity index (χ1v) is 10.1. The Morgan fingerprint density at radius 1 is 1.28 bits per heavy atom. The molecule has 0 saturated heterocycles. The SMILES string of the molecule is Cc1cccc(C(F)(F)F)c1S(=O)(=O)OCP(=O)(O)OCOC(C)C. The summed E-state index contributed by atoms with van der Waals surface area (Å²) in [5.74, 6) is 0. The molecule has 0 spiro atoms. The van der Waals surface area contributed by atoms with E-state index >= 15 is 0 Å². The van der Waals surface area contributed by atoms with Crippen molar-refractivity contribution in [3.8, 4) is 0 Å². The fourth-order valence-electron chi connectivity index (χ4n) is 1.69. The fourth-order valence-corrected chi connectivity index (χ4v) is 4.11. The maximum absolute atomic E-state index is 13.0. The minimum absolute atomic E-state index is 0.216. The van der Waals surface area contributed by atoms with Crippen LogP contribution < -0.4 is 0 Å². The molecule has 1 aromatic rings. The monoisotopic (exact) mass is 406 g/mol. The average Bonchev–Trinajstić information content (AvgIpc) is 2.43. The molecule has 12 heteroatoms. The Hall–Kier alpha value is -0.970. The predicted molar refractivity (Wildman–Crippen MR) is 81.3 cm³/mol. The summed E-state index contributed by atoms with van der Waals surface area (Å²) in [6.07, 6.45) is -6.60. The summed E-state index contributed by atoms with van der Waals surface area (Å²) in [4.78, 5) is 8.37. The molecule has 0 amide bonds. The second kappa shape index (κ2) is 8.15. The molecule has 0 radical (unpaired) electrons. The quantitative estimate of drug-likeness (QED) is 0.402. The molecule has 0 saturated carbocycles. The van der Waals surface area contributed by atoms with Gasteiger partial charge in [0.2, 0.25) is 0 Å². The Labute approximate surface area is 143 Å². The van der Waals surface area contributed by atoms with Gasteiger partial charge in [0.1, 0.15) is 4.90 Å². The maximum Gasteiger partial charge on any atom is 0.417 e. The minimum atomic E-state index is -4.95. The third-order valence-electron chi connectivity index (χ3n) is 2.79. The van der Waals surface area contributed by atoms with Crippen molar-refractivity contribution in [3.05, 3.63) is 29.3 Å². The van der Waals surface area contributed by atoms with Crippen LogP contribution in [-0.4, -0.2) is 32.6 Å². The van der Waals surface area contributed by atoms with Gasteiger partial charge in [-0.1, -0.05) is 12.1 Å². The van der Waals surface area contributed by atoms with Gasteiger partial charge in [-0.2, -0.15) is 21.6 Å². The normalized spacial score (nSPS) is 15.4. The van der Waals surface area contributed by atoms with Crippen molar-refractivity contribution >= 4 is 17.7 Å². The number of aryl methyl sites for hydroxylation is 1. The molecule has 1 rings (SSSR count). The van der Waals surface area contributed by atoms with Gasteiger partial charge in [0.15, 0.2) is 13.1 Å². The van der Waals surface area contributed by atoms with Crippen molar-refractivity contribution in [2.45, 2.75) is 37.9 Å². The highest BCUT2D eigenvalue weighted by atomic mass is 32.2. The van der Waals surface area contributed by atoms with Crippen LogP contribution in [0.2, 0.25) is 0 Å². The molecule has 0 aliphatic rings. The van der Waals surface area contributed by atoms with Crippen LogP contribution in [0.25, 0.3) is 0 Å². The molecule has 1 atom stereocenters. The second-order valence-corrected chi connectivity index (χ2v) is 8.59. The number of hydrogen-bond donors (Lipinski definition) is 1. The Balaban J connectivity index is 2.99. The van der Waals surface area contributed by atoms with E-state index in [0.29, 0.717) is 6.07 Å². The van der Waals surface area contributed by atoms with E-state index in [4.69, 9.17) is 4.74 Å². The number of ether oxygens (including phenoxy) is 1. The zero-order valence-corrected chi connectivity index (χ0v) is 15.3. The van der Waals surface area contributed by atoms with E-state index in [1.807, 2.05) is 0 Å². The first kappa shape index (κ1) is 22.1. The molecule has 25 heavy (non-hydrogen) atoms. The van der Waals surface area contributed by atoms with E-state index in [1.54, 1.807) is 13.8 Å². The number of alkyl halides is 3. The summed E-state index contributed by atoms with van der Waals surface area (Å²) in [5.41, 5.74) is -1.64. The van der Waals surface area contributed by atoms with E-state index in [0.717, 1.165) is 19.1 Å². The maximum atomic E-state index is 13.0. The summed E-state index contributed by atoms with van der Waals surface area (Å²) >= 11 is 0. The van der Waals surface area contributed by atoms with Gasteiger partial charge in [-0.05, 0) is 32.4 Å². The van der Waals surface area contributed by atoms with Gasteiger partial charge in [-0.15, -0.1) is 0 Å². The van der Waals surface area contributed by atoms with Crippen LogP contribution in [0.5, 0.6) is 0 Å². The molecule has 0 fully saturated rings. The van der Waals surface area contributed by atoms with Gasteiger partial charge in [0, 0.05) is 0 Å². The summed E-state index contributed by atoms with van der Waals surface area (Å²) in [5, 5.41) is 0. The zero-order chi connectivity index (χ0) is 19.5. The number of rotatable bonds is 8. The third-order valence-corrected chi connectivity index (χ3v) is 5.40. The topological polar surface area (TPSA) is 99.1 Å². The molecular weight excluding hydrogens is 388 g/mol. The van der Waals surface area contributed by atoms with E-state index in [-0.39, 0.29) is 11.7 Å². The van der Waals surface area contributed by atoms with E-state index in [2.05, 4.69) is 8.71 Å². The van der Waals surface area contributed by atoms with Crippen LogP contribution >= 0.6 is 7.60 Å². The largest absolute Gasteiger partial charge is 0.417 e. The summed E-state index contributed by atoms with van der Waals surface area (Å²) in [7, 11) is -9.50. The Kier molecular flexibility index (Phi) is 7.20. The molecule has 0 bridgehead atoms. The lowest BCUT2D eigenvalue weighted by molar-refractivity contribution is -0.140.